The Bertz CT molecular complexity index is 139. The van der Waals surface area contributed by atoms with Gasteiger partial charge in [-0.2, -0.15) is 0 Å². The van der Waals surface area contributed by atoms with Crippen LogP contribution in [-0.2, 0) is 19.3 Å². The van der Waals surface area contributed by atoms with Gasteiger partial charge in [0.1, 0.15) is 0 Å². The van der Waals surface area contributed by atoms with Gasteiger partial charge in [0.15, 0.2) is 0 Å². The number of carbonyl (C=O) groups excluding carboxylic acids is 2. The molecule has 0 aromatic rings. The van der Waals surface area contributed by atoms with Gasteiger partial charge in [0, 0.05) is 17.4 Å². The van der Waals surface area contributed by atoms with Crippen LogP contribution in [0, 0.1) is 0 Å². The molecule has 0 aliphatic heterocycles. The Kier molecular flexibility index (Phi) is 5.95. The third-order valence-electron chi connectivity index (χ3n) is 1.33. The topological polar surface area (TPSA) is 52.6 Å². The Morgan fingerprint density at radius 1 is 1.17 bits per heavy atom. The van der Waals surface area contributed by atoms with Crippen molar-refractivity contribution in [1.29, 1.82) is 0 Å². The molecule has 0 unspecified atom stereocenters. The summed E-state index contributed by atoms with van der Waals surface area (Å²) in [4.78, 5) is 23.7. The molecule has 0 N–H and O–H groups in total. The van der Waals surface area contributed by atoms with E-state index in [1.165, 1.54) is 7.11 Å². The van der Waals surface area contributed by atoms with Crippen LogP contribution in [0.15, 0.2) is 0 Å². The van der Waals surface area contributed by atoms with Crippen LogP contribution in [-0.4, -0.2) is 19.0 Å². The molecule has 0 saturated carbocycles. The fraction of sp³-hybridized carbons (Fsp3) is 0.714. The standard InChI is InChI=1S/C7H11FO4/c1-11-6(9)4-2-3-5-7(10)12-8/h2-5H2,1H3. The van der Waals surface area contributed by atoms with Gasteiger partial charge in [-0.05, 0) is 12.8 Å². The van der Waals surface area contributed by atoms with Crippen molar-refractivity contribution in [1.82, 2.24) is 0 Å². The van der Waals surface area contributed by atoms with E-state index in [1.807, 2.05) is 0 Å². The summed E-state index contributed by atoms with van der Waals surface area (Å²) in [5.41, 5.74) is 0. The van der Waals surface area contributed by atoms with E-state index in [-0.39, 0.29) is 18.8 Å². The lowest BCUT2D eigenvalue weighted by Crippen LogP contribution is -2.01. The summed E-state index contributed by atoms with van der Waals surface area (Å²) in [7, 11) is 1.29. The van der Waals surface area contributed by atoms with Crippen molar-refractivity contribution in [3.8, 4) is 0 Å². The molecular formula is C7H11FO4. The smallest absolute Gasteiger partial charge is 0.348 e. The Hall–Kier alpha value is -1.13. The third-order valence-corrected chi connectivity index (χ3v) is 1.33. The zero-order valence-electron chi connectivity index (χ0n) is 6.84. The highest BCUT2D eigenvalue weighted by atomic mass is 19.3. The van der Waals surface area contributed by atoms with Gasteiger partial charge in [-0.25, -0.2) is 4.79 Å². The normalized spacial score (nSPS) is 9.17. The first-order chi connectivity index (χ1) is 5.70. The van der Waals surface area contributed by atoms with Gasteiger partial charge in [0.25, 0.3) is 0 Å². The van der Waals surface area contributed by atoms with Gasteiger partial charge in [-0.3, -0.25) is 9.74 Å². The number of unbranched alkanes of at least 4 members (excludes halogenated alkanes) is 1. The fourth-order valence-corrected chi connectivity index (χ4v) is 0.679. The summed E-state index contributed by atoms with van der Waals surface area (Å²) < 4.78 is 15.5. The summed E-state index contributed by atoms with van der Waals surface area (Å²) in [6.07, 6.45) is 1.17. The number of halogens is 1. The molecule has 0 heterocycles. The SMILES string of the molecule is COC(=O)CCCCC(=O)OF. The van der Waals surface area contributed by atoms with Crippen molar-refractivity contribution in [2.24, 2.45) is 0 Å². The second-order valence-corrected chi connectivity index (χ2v) is 2.23. The minimum absolute atomic E-state index is 0.00645. The van der Waals surface area contributed by atoms with Gasteiger partial charge in [0.05, 0.1) is 7.11 Å². The Morgan fingerprint density at radius 3 is 2.08 bits per heavy atom. The summed E-state index contributed by atoms with van der Waals surface area (Å²) >= 11 is 0. The van der Waals surface area contributed by atoms with E-state index >= 15 is 0 Å². The summed E-state index contributed by atoms with van der Waals surface area (Å²) in [5, 5.41) is 0. The highest BCUT2D eigenvalue weighted by Crippen LogP contribution is 2.02. The second kappa shape index (κ2) is 6.57. The van der Waals surface area contributed by atoms with Crippen molar-refractivity contribution in [3.05, 3.63) is 0 Å². The molecular weight excluding hydrogens is 167 g/mol. The molecule has 0 spiro atoms. The molecule has 0 bridgehead atoms. The molecule has 0 aromatic heterocycles. The maximum atomic E-state index is 11.1. The lowest BCUT2D eigenvalue weighted by atomic mass is 10.2. The third kappa shape index (κ3) is 5.64. The van der Waals surface area contributed by atoms with Gasteiger partial charge in [-0.1, -0.05) is 0 Å². The molecule has 12 heavy (non-hydrogen) atoms. The first-order valence-corrected chi connectivity index (χ1v) is 3.59. The zero-order valence-corrected chi connectivity index (χ0v) is 6.84. The highest BCUT2D eigenvalue weighted by Gasteiger charge is 2.04. The number of esters is 1. The fourth-order valence-electron chi connectivity index (χ4n) is 0.679. The predicted molar refractivity (Wildman–Crippen MR) is 37.7 cm³/mol. The van der Waals surface area contributed by atoms with Crippen molar-refractivity contribution in [2.75, 3.05) is 7.11 Å². The molecule has 0 aliphatic rings. The van der Waals surface area contributed by atoms with Crippen LogP contribution in [0.5, 0.6) is 0 Å². The molecule has 0 fully saturated rings. The molecule has 0 atom stereocenters. The lowest BCUT2D eigenvalue weighted by Gasteiger charge is -1.97. The van der Waals surface area contributed by atoms with Crippen molar-refractivity contribution in [3.63, 3.8) is 0 Å². The zero-order chi connectivity index (χ0) is 9.40. The second-order valence-electron chi connectivity index (χ2n) is 2.23. The van der Waals surface area contributed by atoms with E-state index in [9.17, 15) is 14.1 Å². The Balaban J connectivity index is 3.21. The molecule has 5 heteroatoms. The molecule has 0 amide bonds. The van der Waals surface area contributed by atoms with Crippen LogP contribution in [0.1, 0.15) is 25.7 Å². The number of hydrogen-bond donors (Lipinski definition) is 0. The van der Waals surface area contributed by atoms with E-state index in [0.29, 0.717) is 12.8 Å². The lowest BCUT2D eigenvalue weighted by molar-refractivity contribution is -0.183. The predicted octanol–water partition coefficient (Wildman–Crippen LogP) is 1.15. The van der Waals surface area contributed by atoms with Gasteiger partial charge >= 0.3 is 11.9 Å². The average molecular weight is 178 g/mol. The maximum absolute atomic E-state index is 11.1. The largest absolute Gasteiger partial charge is 0.469 e. The average Bonchev–Trinajstić information content (AvgIpc) is 2.11. The monoisotopic (exact) mass is 178 g/mol. The van der Waals surface area contributed by atoms with E-state index in [0.717, 1.165) is 0 Å². The molecule has 0 saturated heterocycles. The Labute approximate surface area is 69.5 Å². The van der Waals surface area contributed by atoms with Crippen molar-refractivity contribution < 1.29 is 23.8 Å². The first-order valence-electron chi connectivity index (χ1n) is 3.59. The minimum atomic E-state index is -0.903. The summed E-state index contributed by atoms with van der Waals surface area (Å²) in [5.74, 6) is -1.23. The summed E-state index contributed by atoms with van der Waals surface area (Å²) in [6.45, 7) is 0. The number of methoxy groups -OCH3 is 1. The number of hydrogen-bond acceptors (Lipinski definition) is 4. The molecule has 4 nitrogen and oxygen atoms in total. The van der Waals surface area contributed by atoms with Gasteiger partial charge in [-0.15, -0.1) is 0 Å². The van der Waals surface area contributed by atoms with Crippen LogP contribution < -0.4 is 0 Å². The van der Waals surface area contributed by atoms with Gasteiger partial charge in [0.2, 0.25) is 0 Å². The van der Waals surface area contributed by atoms with E-state index in [2.05, 4.69) is 9.68 Å². The summed E-state index contributed by atoms with van der Waals surface area (Å²) in [6, 6.07) is 0. The molecule has 70 valence electrons. The molecule has 0 rings (SSSR count). The van der Waals surface area contributed by atoms with Crippen LogP contribution in [0.25, 0.3) is 0 Å². The van der Waals surface area contributed by atoms with E-state index in [4.69, 9.17) is 0 Å². The molecule has 0 aromatic carbocycles. The number of carbonyl (C=O) groups is 2. The van der Waals surface area contributed by atoms with Crippen LogP contribution in [0.4, 0.5) is 4.53 Å². The number of rotatable bonds is 5. The van der Waals surface area contributed by atoms with E-state index in [1.54, 1.807) is 0 Å². The quantitative estimate of drug-likeness (QED) is 0.468. The van der Waals surface area contributed by atoms with Crippen LogP contribution >= 0.6 is 0 Å². The van der Waals surface area contributed by atoms with E-state index < -0.39 is 5.97 Å². The molecule has 0 aliphatic carbocycles. The molecule has 0 radical (unpaired) electrons. The van der Waals surface area contributed by atoms with Crippen LogP contribution in [0.2, 0.25) is 0 Å². The van der Waals surface area contributed by atoms with Crippen molar-refractivity contribution in [2.45, 2.75) is 25.7 Å². The van der Waals surface area contributed by atoms with Gasteiger partial charge < -0.3 is 4.74 Å². The Morgan fingerprint density at radius 2 is 1.67 bits per heavy atom. The highest BCUT2D eigenvalue weighted by molar-refractivity contribution is 5.70. The maximum Gasteiger partial charge on any atom is 0.348 e. The van der Waals surface area contributed by atoms with Crippen LogP contribution in [0.3, 0.4) is 0 Å². The number of ether oxygens (including phenoxy) is 1. The minimum Gasteiger partial charge on any atom is -0.469 e. The van der Waals surface area contributed by atoms with Crippen molar-refractivity contribution >= 4 is 11.9 Å². The first kappa shape index (κ1) is 10.9.